The minimum atomic E-state index is -3.58. The Kier molecular flexibility index (Phi) is 4.85. The lowest BCUT2D eigenvalue weighted by atomic mass is 10.1. The summed E-state index contributed by atoms with van der Waals surface area (Å²) in [6, 6.07) is 4.54. The topological polar surface area (TPSA) is 76.7 Å². The summed E-state index contributed by atoms with van der Waals surface area (Å²) in [6.45, 7) is 1.59. The van der Waals surface area contributed by atoms with Gasteiger partial charge in [-0.15, -0.1) is 0 Å². The summed E-state index contributed by atoms with van der Waals surface area (Å²) in [6.07, 6.45) is 1.81. The second-order valence-electron chi connectivity index (χ2n) is 4.71. The van der Waals surface area contributed by atoms with Gasteiger partial charge in [-0.1, -0.05) is 0 Å². The third kappa shape index (κ3) is 3.62. The highest BCUT2D eigenvalue weighted by Crippen LogP contribution is 2.25. The van der Waals surface area contributed by atoms with Crippen LogP contribution in [0.5, 0.6) is 11.5 Å². The number of hydrogen-bond donors (Lipinski definition) is 2. The summed E-state index contributed by atoms with van der Waals surface area (Å²) < 4.78 is 37.7. The number of rotatable bonds is 5. The van der Waals surface area contributed by atoms with Crippen LogP contribution in [0, 0.1) is 0 Å². The first-order chi connectivity index (χ1) is 9.55. The zero-order chi connectivity index (χ0) is 14.6. The Morgan fingerprint density at radius 1 is 1.20 bits per heavy atom. The number of benzene rings is 1. The molecular weight excluding hydrogens is 280 g/mol. The van der Waals surface area contributed by atoms with Gasteiger partial charge in [-0.2, -0.15) is 0 Å². The Morgan fingerprint density at radius 3 is 2.35 bits per heavy atom. The van der Waals surface area contributed by atoms with Crippen molar-refractivity contribution in [2.45, 2.75) is 23.8 Å². The minimum Gasteiger partial charge on any atom is -0.497 e. The number of methoxy groups -OCH3 is 2. The van der Waals surface area contributed by atoms with Crippen molar-refractivity contribution in [3.63, 3.8) is 0 Å². The maximum atomic E-state index is 12.4. The van der Waals surface area contributed by atoms with Crippen LogP contribution in [0.1, 0.15) is 12.8 Å². The molecule has 0 amide bonds. The molecule has 1 aliphatic rings. The first-order valence-electron chi connectivity index (χ1n) is 6.51. The van der Waals surface area contributed by atoms with E-state index < -0.39 is 10.0 Å². The molecule has 6 nitrogen and oxygen atoms in total. The van der Waals surface area contributed by atoms with E-state index in [1.54, 1.807) is 6.07 Å². The van der Waals surface area contributed by atoms with Crippen LogP contribution in [-0.4, -0.2) is 41.8 Å². The Bertz CT molecular complexity index is 531. The summed E-state index contributed by atoms with van der Waals surface area (Å²) in [5.41, 5.74) is 0. The molecule has 0 aliphatic carbocycles. The Labute approximate surface area is 119 Å². The predicted molar refractivity (Wildman–Crippen MR) is 75.8 cm³/mol. The number of nitrogens with one attached hydrogen (secondary N) is 2. The molecule has 0 bridgehead atoms. The molecule has 7 heteroatoms. The third-order valence-corrected chi connectivity index (χ3v) is 4.75. The van der Waals surface area contributed by atoms with Crippen LogP contribution >= 0.6 is 0 Å². The summed E-state index contributed by atoms with van der Waals surface area (Å²) in [4.78, 5) is 0.152. The fourth-order valence-corrected chi connectivity index (χ4v) is 3.50. The first-order valence-corrected chi connectivity index (χ1v) is 7.99. The number of hydrogen-bond acceptors (Lipinski definition) is 5. The first kappa shape index (κ1) is 15.1. The Morgan fingerprint density at radius 2 is 1.85 bits per heavy atom. The van der Waals surface area contributed by atoms with Crippen LogP contribution < -0.4 is 19.5 Å². The monoisotopic (exact) mass is 300 g/mol. The van der Waals surface area contributed by atoms with Gasteiger partial charge in [0, 0.05) is 30.8 Å². The number of piperidine rings is 1. The van der Waals surface area contributed by atoms with Gasteiger partial charge in [-0.3, -0.25) is 0 Å². The van der Waals surface area contributed by atoms with E-state index in [0.29, 0.717) is 18.0 Å². The van der Waals surface area contributed by atoms with E-state index in [2.05, 4.69) is 10.0 Å². The van der Waals surface area contributed by atoms with Gasteiger partial charge in [0.05, 0.1) is 19.1 Å². The van der Waals surface area contributed by atoms with E-state index in [4.69, 9.17) is 9.47 Å². The van der Waals surface area contributed by atoms with Crippen molar-refractivity contribution in [3.8, 4) is 11.5 Å². The van der Waals surface area contributed by atoms with Crippen LogP contribution in [0.3, 0.4) is 0 Å². The molecule has 1 aromatic rings. The molecule has 0 saturated carbocycles. The van der Waals surface area contributed by atoms with E-state index in [9.17, 15) is 8.42 Å². The summed E-state index contributed by atoms with van der Waals surface area (Å²) in [7, 11) is -0.596. The SMILES string of the molecule is COc1cc(OC)cc(S(=O)(=O)NC2CCCNC2)c1. The molecule has 0 spiro atoms. The minimum absolute atomic E-state index is 0.0778. The lowest BCUT2D eigenvalue weighted by molar-refractivity contribution is 0.391. The highest BCUT2D eigenvalue weighted by Gasteiger charge is 2.22. The third-order valence-electron chi connectivity index (χ3n) is 3.25. The fourth-order valence-electron chi connectivity index (χ4n) is 2.18. The molecule has 0 aromatic heterocycles. The molecule has 1 unspecified atom stereocenters. The van der Waals surface area contributed by atoms with Crippen molar-refractivity contribution in [2.75, 3.05) is 27.3 Å². The molecule has 1 atom stereocenters. The van der Waals surface area contributed by atoms with Gasteiger partial charge in [0.15, 0.2) is 0 Å². The lowest BCUT2D eigenvalue weighted by Gasteiger charge is -2.23. The maximum absolute atomic E-state index is 12.4. The molecule has 2 rings (SSSR count). The van der Waals surface area contributed by atoms with Gasteiger partial charge in [0.1, 0.15) is 11.5 Å². The van der Waals surface area contributed by atoms with Gasteiger partial charge in [0.2, 0.25) is 10.0 Å². The molecule has 112 valence electrons. The van der Waals surface area contributed by atoms with E-state index in [1.165, 1.54) is 26.4 Å². The van der Waals surface area contributed by atoms with Crippen molar-refractivity contribution >= 4 is 10.0 Å². The zero-order valence-corrected chi connectivity index (χ0v) is 12.5. The van der Waals surface area contributed by atoms with Gasteiger partial charge in [-0.05, 0) is 19.4 Å². The van der Waals surface area contributed by atoms with Crippen molar-refractivity contribution in [3.05, 3.63) is 18.2 Å². The van der Waals surface area contributed by atoms with Crippen LogP contribution in [0.2, 0.25) is 0 Å². The van der Waals surface area contributed by atoms with Gasteiger partial charge in [-0.25, -0.2) is 13.1 Å². The molecule has 1 saturated heterocycles. The molecule has 0 radical (unpaired) electrons. The van der Waals surface area contributed by atoms with Gasteiger partial charge >= 0.3 is 0 Å². The van der Waals surface area contributed by atoms with Crippen LogP contribution in [-0.2, 0) is 10.0 Å². The highest BCUT2D eigenvalue weighted by atomic mass is 32.2. The number of ether oxygens (including phenoxy) is 2. The van der Waals surface area contributed by atoms with Crippen LogP contribution in [0.25, 0.3) is 0 Å². The quantitative estimate of drug-likeness (QED) is 0.838. The van der Waals surface area contributed by atoms with Gasteiger partial charge < -0.3 is 14.8 Å². The molecule has 1 aliphatic heterocycles. The second-order valence-corrected chi connectivity index (χ2v) is 6.43. The maximum Gasteiger partial charge on any atom is 0.241 e. The van der Waals surface area contributed by atoms with E-state index >= 15 is 0 Å². The largest absolute Gasteiger partial charge is 0.497 e. The van der Waals surface area contributed by atoms with Crippen LogP contribution in [0.15, 0.2) is 23.1 Å². The molecule has 2 N–H and O–H groups in total. The smallest absolute Gasteiger partial charge is 0.241 e. The predicted octanol–water partition coefficient (Wildman–Crippen LogP) is 0.734. The standard InChI is InChI=1S/C13H20N2O4S/c1-18-11-6-12(19-2)8-13(7-11)20(16,17)15-10-4-3-5-14-9-10/h6-8,10,14-15H,3-5,9H2,1-2H3. The van der Waals surface area contributed by atoms with Crippen molar-refractivity contribution in [1.82, 2.24) is 10.0 Å². The lowest BCUT2D eigenvalue weighted by Crippen LogP contribution is -2.45. The number of sulfonamides is 1. The second kappa shape index (κ2) is 6.43. The van der Waals surface area contributed by atoms with Crippen molar-refractivity contribution < 1.29 is 17.9 Å². The zero-order valence-electron chi connectivity index (χ0n) is 11.7. The van der Waals surface area contributed by atoms with Crippen LogP contribution in [0.4, 0.5) is 0 Å². The highest BCUT2D eigenvalue weighted by molar-refractivity contribution is 7.89. The van der Waals surface area contributed by atoms with Crippen molar-refractivity contribution in [1.29, 1.82) is 0 Å². The van der Waals surface area contributed by atoms with Crippen molar-refractivity contribution in [2.24, 2.45) is 0 Å². The van der Waals surface area contributed by atoms with E-state index in [0.717, 1.165) is 19.4 Å². The molecule has 1 fully saturated rings. The molecule has 20 heavy (non-hydrogen) atoms. The average Bonchev–Trinajstić information content (AvgIpc) is 2.47. The average molecular weight is 300 g/mol. The van der Waals surface area contributed by atoms with E-state index in [1.807, 2.05) is 0 Å². The summed E-state index contributed by atoms with van der Waals surface area (Å²) >= 11 is 0. The normalized spacial score (nSPS) is 19.6. The summed E-state index contributed by atoms with van der Waals surface area (Å²) in [5.74, 6) is 0.901. The molecule has 1 heterocycles. The Balaban J connectivity index is 2.23. The summed E-state index contributed by atoms with van der Waals surface area (Å²) in [5, 5.41) is 3.18. The fraction of sp³-hybridized carbons (Fsp3) is 0.538. The Hall–Kier alpha value is -1.31. The van der Waals surface area contributed by atoms with E-state index in [-0.39, 0.29) is 10.9 Å². The van der Waals surface area contributed by atoms with Gasteiger partial charge in [0.25, 0.3) is 0 Å². The molecular formula is C13H20N2O4S. The molecule has 1 aromatic carbocycles.